The van der Waals surface area contributed by atoms with Crippen molar-refractivity contribution >= 4 is 34.5 Å². The number of non-ortho nitro benzene ring substituents is 1. The maximum atomic E-state index is 11.1. The standard InChI is InChI=1S/C26H28N2O2S/c1-25(2,3)17-7-13-21-23(15-17)31-24-16-18(26(4,5)6)8-14-22(24)27(21)19-9-11-20(12-10-19)28(29)30/h7-16H,1-6H3. The fourth-order valence-electron chi connectivity index (χ4n) is 3.74. The van der Waals surface area contributed by atoms with Gasteiger partial charge in [-0.25, -0.2) is 0 Å². The molecule has 0 spiro atoms. The van der Waals surface area contributed by atoms with Gasteiger partial charge in [0.2, 0.25) is 0 Å². The van der Waals surface area contributed by atoms with Crippen LogP contribution in [0.15, 0.2) is 70.5 Å². The van der Waals surface area contributed by atoms with Crippen LogP contribution in [0.3, 0.4) is 0 Å². The third-order valence-corrected chi connectivity index (χ3v) is 6.77. The van der Waals surface area contributed by atoms with Gasteiger partial charge in [0.1, 0.15) is 0 Å². The highest BCUT2D eigenvalue weighted by molar-refractivity contribution is 7.99. The van der Waals surface area contributed by atoms with Gasteiger partial charge in [-0.05, 0) is 58.4 Å². The minimum atomic E-state index is -0.358. The third kappa shape index (κ3) is 4.07. The average Bonchev–Trinajstić information content (AvgIpc) is 2.69. The number of nitro benzene ring substituents is 1. The van der Waals surface area contributed by atoms with Gasteiger partial charge in [-0.15, -0.1) is 0 Å². The Bertz CT molecular complexity index is 1090. The SMILES string of the molecule is CC(C)(C)c1ccc2c(c1)Sc1cc(C(C)(C)C)ccc1N2c1ccc([N+](=O)[O-])cc1. The second kappa shape index (κ2) is 7.41. The van der Waals surface area contributed by atoms with Crippen molar-refractivity contribution in [3.05, 3.63) is 81.9 Å². The van der Waals surface area contributed by atoms with Crippen molar-refractivity contribution in [2.75, 3.05) is 4.90 Å². The van der Waals surface area contributed by atoms with Crippen LogP contribution in [0.5, 0.6) is 0 Å². The first kappa shape index (κ1) is 21.4. The molecule has 0 unspecified atom stereocenters. The second-order valence-electron chi connectivity index (χ2n) is 10.1. The first-order valence-electron chi connectivity index (χ1n) is 10.5. The molecule has 0 saturated carbocycles. The van der Waals surface area contributed by atoms with Crippen molar-refractivity contribution in [1.29, 1.82) is 0 Å². The molecular formula is C26H28N2O2S. The predicted octanol–water partition coefficient (Wildman–Crippen LogP) is 8.12. The molecule has 0 N–H and O–H groups in total. The molecule has 0 radical (unpaired) electrons. The molecule has 0 saturated heterocycles. The molecule has 0 amide bonds. The van der Waals surface area contributed by atoms with Crippen molar-refractivity contribution in [3.63, 3.8) is 0 Å². The minimum absolute atomic E-state index is 0.0569. The molecule has 3 aromatic rings. The molecule has 31 heavy (non-hydrogen) atoms. The van der Waals surface area contributed by atoms with Gasteiger partial charge in [-0.1, -0.05) is 65.4 Å². The minimum Gasteiger partial charge on any atom is -0.308 e. The normalized spacial score (nSPS) is 13.5. The Labute approximate surface area is 188 Å². The summed E-state index contributed by atoms with van der Waals surface area (Å²) in [6, 6.07) is 20.1. The van der Waals surface area contributed by atoms with Crippen LogP contribution in [0.4, 0.5) is 22.7 Å². The number of benzene rings is 3. The van der Waals surface area contributed by atoms with E-state index in [4.69, 9.17) is 0 Å². The molecular weight excluding hydrogens is 404 g/mol. The van der Waals surface area contributed by atoms with E-state index in [9.17, 15) is 10.1 Å². The molecule has 1 aliphatic heterocycles. The number of nitro groups is 1. The Kier molecular flexibility index (Phi) is 5.13. The summed E-state index contributed by atoms with van der Waals surface area (Å²) in [5.74, 6) is 0. The van der Waals surface area contributed by atoms with E-state index in [1.165, 1.54) is 20.9 Å². The Morgan fingerprint density at radius 2 is 1.19 bits per heavy atom. The summed E-state index contributed by atoms with van der Waals surface area (Å²) < 4.78 is 0. The van der Waals surface area contributed by atoms with Crippen LogP contribution in [0.25, 0.3) is 0 Å². The van der Waals surface area contributed by atoms with E-state index in [1.807, 2.05) is 12.1 Å². The molecule has 0 aliphatic carbocycles. The highest BCUT2D eigenvalue weighted by Crippen LogP contribution is 2.53. The van der Waals surface area contributed by atoms with Crippen molar-refractivity contribution in [3.8, 4) is 0 Å². The van der Waals surface area contributed by atoms with Gasteiger partial charge in [0.25, 0.3) is 5.69 Å². The number of rotatable bonds is 2. The first-order valence-corrected chi connectivity index (χ1v) is 11.3. The van der Waals surface area contributed by atoms with Crippen LogP contribution in [-0.4, -0.2) is 4.92 Å². The van der Waals surface area contributed by atoms with E-state index in [-0.39, 0.29) is 21.4 Å². The zero-order valence-corrected chi connectivity index (χ0v) is 19.7. The summed E-state index contributed by atoms with van der Waals surface area (Å²) in [5, 5.41) is 11.1. The molecule has 0 fully saturated rings. The van der Waals surface area contributed by atoms with Gasteiger partial charge < -0.3 is 4.90 Å². The van der Waals surface area contributed by atoms with E-state index in [1.54, 1.807) is 23.9 Å². The van der Waals surface area contributed by atoms with E-state index in [2.05, 4.69) is 82.8 Å². The number of fused-ring (bicyclic) bond motifs is 2. The van der Waals surface area contributed by atoms with E-state index in [0.717, 1.165) is 17.1 Å². The molecule has 3 aromatic carbocycles. The fraction of sp³-hybridized carbons (Fsp3) is 0.308. The summed E-state index contributed by atoms with van der Waals surface area (Å²) in [6.45, 7) is 13.3. The van der Waals surface area contributed by atoms with Gasteiger partial charge in [-0.3, -0.25) is 10.1 Å². The van der Waals surface area contributed by atoms with Crippen LogP contribution >= 0.6 is 11.8 Å². The van der Waals surface area contributed by atoms with Crippen LogP contribution in [0.1, 0.15) is 52.7 Å². The van der Waals surface area contributed by atoms with E-state index >= 15 is 0 Å². The Hall–Kier alpha value is -2.79. The van der Waals surface area contributed by atoms with Gasteiger partial charge in [-0.2, -0.15) is 0 Å². The van der Waals surface area contributed by atoms with Gasteiger partial charge >= 0.3 is 0 Å². The van der Waals surface area contributed by atoms with Gasteiger partial charge in [0.05, 0.1) is 16.3 Å². The first-order chi connectivity index (χ1) is 14.4. The lowest BCUT2D eigenvalue weighted by Gasteiger charge is -2.35. The largest absolute Gasteiger partial charge is 0.308 e. The fourth-order valence-corrected chi connectivity index (χ4v) is 4.88. The lowest BCUT2D eigenvalue weighted by Crippen LogP contribution is -2.18. The zero-order chi connectivity index (χ0) is 22.6. The summed E-state index contributed by atoms with van der Waals surface area (Å²) in [4.78, 5) is 15.4. The van der Waals surface area contributed by atoms with Crippen molar-refractivity contribution in [2.24, 2.45) is 0 Å². The molecule has 160 valence electrons. The highest BCUT2D eigenvalue weighted by atomic mass is 32.2. The van der Waals surface area contributed by atoms with Crippen molar-refractivity contribution in [1.82, 2.24) is 0 Å². The van der Waals surface area contributed by atoms with Crippen molar-refractivity contribution in [2.45, 2.75) is 62.2 Å². The predicted molar refractivity (Wildman–Crippen MR) is 129 cm³/mol. The van der Waals surface area contributed by atoms with Crippen LogP contribution < -0.4 is 4.90 Å². The average molecular weight is 433 g/mol. The van der Waals surface area contributed by atoms with Crippen LogP contribution in [0.2, 0.25) is 0 Å². The molecule has 4 nitrogen and oxygen atoms in total. The smallest absolute Gasteiger partial charge is 0.269 e. The second-order valence-corrected chi connectivity index (χ2v) is 11.2. The number of hydrogen-bond donors (Lipinski definition) is 0. The lowest BCUT2D eigenvalue weighted by atomic mass is 9.86. The molecule has 1 aliphatic rings. The lowest BCUT2D eigenvalue weighted by molar-refractivity contribution is -0.384. The highest BCUT2D eigenvalue weighted by Gasteiger charge is 2.28. The van der Waals surface area contributed by atoms with Crippen LogP contribution in [-0.2, 0) is 10.8 Å². The quantitative estimate of drug-likeness (QED) is 0.237. The van der Waals surface area contributed by atoms with E-state index < -0.39 is 0 Å². The van der Waals surface area contributed by atoms with Gasteiger partial charge in [0.15, 0.2) is 0 Å². The number of hydrogen-bond acceptors (Lipinski definition) is 4. The number of nitrogens with zero attached hydrogens (tertiary/aromatic N) is 2. The van der Waals surface area contributed by atoms with Crippen molar-refractivity contribution < 1.29 is 4.92 Å². The summed E-state index contributed by atoms with van der Waals surface area (Å²) in [5.41, 5.74) is 5.91. The molecule has 0 atom stereocenters. The Morgan fingerprint density at radius 1 is 0.742 bits per heavy atom. The molecule has 4 rings (SSSR count). The zero-order valence-electron chi connectivity index (χ0n) is 18.9. The summed E-state index contributed by atoms with van der Waals surface area (Å²) in [6.07, 6.45) is 0. The third-order valence-electron chi connectivity index (χ3n) is 5.67. The van der Waals surface area contributed by atoms with Gasteiger partial charge in [0, 0.05) is 27.6 Å². The number of anilines is 3. The monoisotopic (exact) mass is 432 g/mol. The molecule has 0 bridgehead atoms. The maximum absolute atomic E-state index is 11.1. The molecule has 5 heteroatoms. The van der Waals surface area contributed by atoms with E-state index in [0.29, 0.717) is 0 Å². The molecule has 0 aromatic heterocycles. The summed E-state index contributed by atoms with van der Waals surface area (Å²) in [7, 11) is 0. The topological polar surface area (TPSA) is 46.4 Å². The Morgan fingerprint density at radius 3 is 1.58 bits per heavy atom. The molecule has 1 heterocycles. The Balaban J connectivity index is 1.90. The van der Waals surface area contributed by atoms with Crippen LogP contribution in [0, 0.1) is 10.1 Å². The summed E-state index contributed by atoms with van der Waals surface area (Å²) >= 11 is 1.80. The maximum Gasteiger partial charge on any atom is 0.269 e.